The van der Waals surface area contributed by atoms with Crippen LogP contribution >= 0.6 is 11.3 Å². The summed E-state index contributed by atoms with van der Waals surface area (Å²) in [6, 6.07) is 8.42. The van der Waals surface area contributed by atoms with Crippen molar-refractivity contribution in [3.63, 3.8) is 0 Å². The van der Waals surface area contributed by atoms with Gasteiger partial charge in [-0.1, -0.05) is 12.1 Å². The minimum atomic E-state index is -0.276. The molecule has 0 bridgehead atoms. The van der Waals surface area contributed by atoms with Crippen molar-refractivity contribution in [2.45, 2.75) is 20.0 Å². The van der Waals surface area contributed by atoms with Gasteiger partial charge in [0, 0.05) is 18.0 Å². The van der Waals surface area contributed by atoms with Crippen molar-refractivity contribution in [3.8, 4) is 0 Å². The van der Waals surface area contributed by atoms with Gasteiger partial charge >= 0.3 is 0 Å². The molecule has 1 aromatic carbocycles. The van der Waals surface area contributed by atoms with Gasteiger partial charge < -0.3 is 0 Å². The van der Waals surface area contributed by atoms with E-state index in [2.05, 4.69) is 10.3 Å². The van der Waals surface area contributed by atoms with E-state index in [4.69, 9.17) is 5.84 Å². The summed E-state index contributed by atoms with van der Waals surface area (Å²) in [6.07, 6.45) is 0. The lowest BCUT2D eigenvalue weighted by molar-refractivity contribution is 0.0957. The van der Waals surface area contributed by atoms with E-state index in [1.807, 2.05) is 26.1 Å². The number of aryl methyl sites for hydroxylation is 1. The van der Waals surface area contributed by atoms with Gasteiger partial charge in [-0.3, -0.25) is 15.1 Å². The van der Waals surface area contributed by atoms with Crippen LogP contribution < -0.4 is 11.3 Å². The van der Waals surface area contributed by atoms with Crippen LogP contribution in [0.1, 0.15) is 25.7 Å². The quantitative estimate of drug-likeness (QED) is 0.507. The third-order valence-electron chi connectivity index (χ3n) is 3.16. The summed E-state index contributed by atoms with van der Waals surface area (Å²) in [5.41, 5.74) is 4.14. The molecule has 112 valence electrons. The maximum Gasteiger partial charge on any atom is 0.275 e. The lowest BCUT2D eigenvalue weighted by Crippen LogP contribution is -2.29. The summed E-state index contributed by atoms with van der Waals surface area (Å²) in [5, 5.41) is 0. The molecule has 21 heavy (non-hydrogen) atoms. The van der Waals surface area contributed by atoms with Crippen LogP contribution in [0.25, 0.3) is 0 Å². The number of carbonyl (C=O) groups is 1. The zero-order chi connectivity index (χ0) is 15.4. The first kappa shape index (κ1) is 15.6. The van der Waals surface area contributed by atoms with Crippen LogP contribution in [0.4, 0.5) is 4.39 Å². The Labute approximate surface area is 127 Å². The van der Waals surface area contributed by atoms with Crippen molar-refractivity contribution in [1.82, 2.24) is 10.3 Å². The van der Waals surface area contributed by atoms with Gasteiger partial charge in [0.1, 0.15) is 5.82 Å². The molecule has 1 aromatic heterocycles. The Morgan fingerprint density at radius 3 is 2.81 bits per heavy atom. The SMILES string of the molecule is Cc1sc(C(=O)NN)cc1CN(C)Cc1cccc(F)c1. The number of hydrogen-bond acceptors (Lipinski definition) is 4. The number of benzene rings is 1. The number of nitrogens with two attached hydrogens (primary N) is 1. The van der Waals surface area contributed by atoms with Crippen LogP contribution in [0.5, 0.6) is 0 Å². The zero-order valence-corrected chi connectivity index (χ0v) is 12.8. The fourth-order valence-corrected chi connectivity index (χ4v) is 3.09. The zero-order valence-electron chi connectivity index (χ0n) is 12.0. The van der Waals surface area contributed by atoms with Crippen LogP contribution in [0.3, 0.4) is 0 Å². The number of thiophene rings is 1. The molecule has 0 aliphatic heterocycles. The van der Waals surface area contributed by atoms with E-state index in [9.17, 15) is 9.18 Å². The Hall–Kier alpha value is -1.76. The van der Waals surface area contributed by atoms with Gasteiger partial charge in [0.25, 0.3) is 5.91 Å². The number of nitrogens with zero attached hydrogens (tertiary/aromatic N) is 1. The molecule has 3 N–H and O–H groups in total. The maximum absolute atomic E-state index is 13.2. The van der Waals surface area contributed by atoms with E-state index >= 15 is 0 Å². The summed E-state index contributed by atoms with van der Waals surface area (Å²) in [4.78, 5) is 15.3. The van der Waals surface area contributed by atoms with Crippen molar-refractivity contribution >= 4 is 17.2 Å². The summed E-state index contributed by atoms with van der Waals surface area (Å²) < 4.78 is 13.2. The molecular formula is C15H18FN3OS. The highest BCUT2D eigenvalue weighted by Gasteiger charge is 2.13. The molecule has 4 nitrogen and oxygen atoms in total. The van der Waals surface area contributed by atoms with Gasteiger partial charge in [-0.15, -0.1) is 11.3 Å². The number of carbonyl (C=O) groups excluding carboxylic acids is 1. The maximum atomic E-state index is 13.2. The van der Waals surface area contributed by atoms with E-state index in [0.717, 1.165) is 16.0 Å². The minimum absolute atomic E-state index is 0.227. The second-order valence-electron chi connectivity index (χ2n) is 4.97. The second-order valence-corrected chi connectivity index (χ2v) is 6.22. The molecule has 1 heterocycles. The lowest BCUT2D eigenvalue weighted by Gasteiger charge is -2.16. The normalized spacial score (nSPS) is 10.9. The van der Waals surface area contributed by atoms with Gasteiger partial charge in [0.05, 0.1) is 4.88 Å². The molecule has 6 heteroatoms. The smallest absolute Gasteiger partial charge is 0.275 e. The van der Waals surface area contributed by atoms with Crippen molar-refractivity contribution in [3.05, 3.63) is 57.0 Å². The largest absolute Gasteiger partial charge is 0.298 e. The predicted octanol–water partition coefficient (Wildman–Crippen LogP) is 2.43. The minimum Gasteiger partial charge on any atom is -0.298 e. The third kappa shape index (κ3) is 4.10. The van der Waals surface area contributed by atoms with Gasteiger partial charge in [-0.2, -0.15) is 0 Å². The molecule has 0 unspecified atom stereocenters. The Balaban J connectivity index is 2.04. The van der Waals surface area contributed by atoms with Crippen molar-refractivity contribution in [1.29, 1.82) is 0 Å². The fraction of sp³-hybridized carbons (Fsp3) is 0.267. The summed E-state index contributed by atoms with van der Waals surface area (Å²) >= 11 is 1.42. The predicted molar refractivity (Wildman–Crippen MR) is 82.3 cm³/mol. The Bertz CT molecular complexity index is 642. The molecule has 0 saturated carbocycles. The first-order valence-electron chi connectivity index (χ1n) is 6.53. The van der Waals surface area contributed by atoms with E-state index in [1.165, 1.54) is 23.5 Å². The molecule has 0 aliphatic rings. The number of rotatable bonds is 5. The molecule has 1 amide bonds. The van der Waals surface area contributed by atoms with E-state index in [0.29, 0.717) is 18.0 Å². The lowest BCUT2D eigenvalue weighted by atomic mass is 10.2. The van der Waals surface area contributed by atoms with Crippen LogP contribution in [0, 0.1) is 12.7 Å². The highest BCUT2D eigenvalue weighted by atomic mass is 32.1. The number of hydrazine groups is 1. The first-order valence-corrected chi connectivity index (χ1v) is 7.34. The molecule has 0 spiro atoms. The number of halogens is 1. The van der Waals surface area contributed by atoms with Gasteiger partial charge in [0.15, 0.2) is 0 Å². The van der Waals surface area contributed by atoms with Crippen molar-refractivity contribution in [2.24, 2.45) is 5.84 Å². The molecule has 0 radical (unpaired) electrons. The van der Waals surface area contributed by atoms with E-state index < -0.39 is 0 Å². The van der Waals surface area contributed by atoms with Gasteiger partial charge in [0.2, 0.25) is 0 Å². The van der Waals surface area contributed by atoms with Gasteiger partial charge in [-0.05, 0) is 43.3 Å². The molecule has 0 aliphatic carbocycles. The summed E-state index contributed by atoms with van der Waals surface area (Å²) in [7, 11) is 1.96. The van der Waals surface area contributed by atoms with Gasteiger partial charge in [-0.25, -0.2) is 10.2 Å². The highest BCUT2D eigenvalue weighted by Crippen LogP contribution is 2.23. The Morgan fingerprint density at radius 2 is 2.14 bits per heavy atom. The Morgan fingerprint density at radius 1 is 1.38 bits per heavy atom. The monoisotopic (exact) mass is 307 g/mol. The van der Waals surface area contributed by atoms with Crippen LogP contribution in [0.15, 0.2) is 30.3 Å². The molecule has 2 rings (SSSR count). The number of amides is 1. The van der Waals surface area contributed by atoms with E-state index in [-0.39, 0.29) is 11.7 Å². The molecule has 2 aromatic rings. The van der Waals surface area contributed by atoms with Crippen LogP contribution in [-0.4, -0.2) is 17.9 Å². The molecule has 0 saturated heterocycles. The van der Waals surface area contributed by atoms with E-state index in [1.54, 1.807) is 6.07 Å². The summed E-state index contributed by atoms with van der Waals surface area (Å²) in [6.45, 7) is 3.31. The summed E-state index contributed by atoms with van der Waals surface area (Å²) in [5.74, 6) is 4.64. The number of hydrogen-bond donors (Lipinski definition) is 2. The second kappa shape index (κ2) is 6.80. The van der Waals surface area contributed by atoms with Crippen molar-refractivity contribution in [2.75, 3.05) is 7.05 Å². The Kier molecular flexibility index (Phi) is 5.06. The van der Waals surface area contributed by atoms with Crippen LogP contribution in [-0.2, 0) is 13.1 Å². The average molecular weight is 307 g/mol. The number of nitrogens with one attached hydrogen (secondary N) is 1. The van der Waals surface area contributed by atoms with Crippen molar-refractivity contribution < 1.29 is 9.18 Å². The average Bonchev–Trinajstić information content (AvgIpc) is 2.79. The molecule has 0 atom stereocenters. The molecule has 0 fully saturated rings. The van der Waals surface area contributed by atoms with Crippen LogP contribution in [0.2, 0.25) is 0 Å². The topological polar surface area (TPSA) is 58.4 Å². The molecular weight excluding hydrogens is 289 g/mol. The number of nitrogen functional groups attached to an aromatic ring is 1. The fourth-order valence-electron chi connectivity index (χ4n) is 2.15. The standard InChI is InChI=1S/C15H18FN3OS/c1-10-12(7-14(21-10)15(20)18-17)9-19(2)8-11-4-3-5-13(16)6-11/h3-7H,8-9,17H2,1-2H3,(H,18,20). The first-order chi connectivity index (χ1) is 9.99. The highest BCUT2D eigenvalue weighted by molar-refractivity contribution is 7.14. The third-order valence-corrected chi connectivity index (χ3v) is 4.25.